The molecule has 0 radical (unpaired) electrons. The molecule has 7 heteroatoms. The van der Waals surface area contributed by atoms with E-state index in [4.69, 9.17) is 9.47 Å². The third-order valence-electron chi connectivity index (χ3n) is 3.50. The first kappa shape index (κ1) is 15.8. The minimum absolute atomic E-state index is 0.0519. The fourth-order valence-electron chi connectivity index (χ4n) is 2.36. The van der Waals surface area contributed by atoms with E-state index in [9.17, 15) is 12.8 Å². The summed E-state index contributed by atoms with van der Waals surface area (Å²) in [6.45, 7) is 1.86. The first-order valence-electron chi connectivity index (χ1n) is 7.10. The first-order valence-corrected chi connectivity index (χ1v) is 8.58. The number of aryl methyl sites for hydroxylation is 1. The van der Waals surface area contributed by atoms with Gasteiger partial charge < -0.3 is 9.47 Å². The Hall–Kier alpha value is -2.12. The molecule has 5 nitrogen and oxygen atoms in total. The summed E-state index contributed by atoms with van der Waals surface area (Å²) in [7, 11) is -3.74. The second kappa shape index (κ2) is 6.17. The van der Waals surface area contributed by atoms with E-state index in [0.29, 0.717) is 17.1 Å². The number of hydrogen-bond donors (Lipinski definition) is 1. The molecule has 0 saturated carbocycles. The molecular formula is C16H16FNO4S. The lowest BCUT2D eigenvalue weighted by molar-refractivity contribution is 0.0943. The highest BCUT2D eigenvalue weighted by atomic mass is 32.2. The number of sulfonamides is 1. The molecule has 1 aliphatic heterocycles. The lowest BCUT2D eigenvalue weighted by Crippen LogP contribution is -2.40. The number of halogens is 1. The topological polar surface area (TPSA) is 64.6 Å². The van der Waals surface area contributed by atoms with Gasteiger partial charge in [0, 0.05) is 0 Å². The first-order chi connectivity index (χ1) is 11.0. The molecule has 0 spiro atoms. The maximum absolute atomic E-state index is 13.1. The molecule has 0 unspecified atom stereocenters. The molecule has 122 valence electrons. The fraction of sp³-hybridized carbons (Fsp3) is 0.250. The minimum Gasteiger partial charge on any atom is -0.486 e. The van der Waals surface area contributed by atoms with Gasteiger partial charge in [-0.05, 0) is 42.8 Å². The summed E-state index contributed by atoms with van der Waals surface area (Å²) in [6, 6.07) is 10.8. The molecule has 2 aromatic carbocycles. The predicted molar refractivity (Wildman–Crippen MR) is 82.7 cm³/mol. The summed E-state index contributed by atoms with van der Waals surface area (Å²) in [5.74, 6) is 0.754. The fourth-order valence-corrected chi connectivity index (χ4v) is 3.65. The second-order valence-corrected chi connectivity index (χ2v) is 6.99. The molecule has 1 N–H and O–H groups in total. The van der Waals surface area contributed by atoms with Gasteiger partial charge in [-0.2, -0.15) is 0 Å². The van der Waals surface area contributed by atoms with Gasteiger partial charge in [-0.3, -0.25) is 0 Å². The molecule has 1 aliphatic rings. The largest absolute Gasteiger partial charge is 0.486 e. The van der Waals surface area contributed by atoms with Gasteiger partial charge in [0.05, 0.1) is 11.4 Å². The van der Waals surface area contributed by atoms with Crippen LogP contribution in [0.2, 0.25) is 0 Å². The van der Waals surface area contributed by atoms with Crippen LogP contribution in [0, 0.1) is 12.7 Å². The van der Waals surface area contributed by atoms with Crippen LogP contribution in [0.5, 0.6) is 11.5 Å². The van der Waals surface area contributed by atoms with Gasteiger partial charge in [0.25, 0.3) is 0 Å². The van der Waals surface area contributed by atoms with Crippen molar-refractivity contribution in [2.24, 2.45) is 0 Å². The lowest BCUT2D eigenvalue weighted by Gasteiger charge is -2.26. The molecular weight excluding hydrogens is 321 g/mol. The third kappa shape index (κ3) is 3.46. The van der Waals surface area contributed by atoms with Crippen LogP contribution in [0.4, 0.5) is 4.39 Å². The van der Waals surface area contributed by atoms with Crippen molar-refractivity contribution in [2.45, 2.75) is 17.9 Å². The molecule has 0 amide bonds. The van der Waals surface area contributed by atoms with Crippen molar-refractivity contribution in [3.8, 4) is 11.5 Å². The zero-order valence-corrected chi connectivity index (χ0v) is 13.3. The maximum atomic E-state index is 13.1. The molecule has 0 fully saturated rings. The zero-order chi connectivity index (χ0) is 16.4. The second-order valence-electron chi connectivity index (χ2n) is 5.26. The van der Waals surface area contributed by atoms with Crippen molar-refractivity contribution in [1.29, 1.82) is 0 Å². The van der Waals surface area contributed by atoms with Crippen molar-refractivity contribution in [2.75, 3.05) is 13.2 Å². The molecule has 23 heavy (non-hydrogen) atoms. The van der Waals surface area contributed by atoms with Crippen LogP contribution < -0.4 is 14.2 Å². The summed E-state index contributed by atoms with van der Waals surface area (Å²) in [4.78, 5) is 0.0519. The summed E-state index contributed by atoms with van der Waals surface area (Å²) < 4.78 is 51.5. The van der Waals surface area contributed by atoms with Crippen LogP contribution in [-0.2, 0) is 10.0 Å². The lowest BCUT2D eigenvalue weighted by atomic mass is 10.2. The van der Waals surface area contributed by atoms with E-state index in [-0.39, 0.29) is 18.0 Å². The van der Waals surface area contributed by atoms with Crippen molar-refractivity contribution < 1.29 is 22.3 Å². The van der Waals surface area contributed by atoms with Gasteiger partial charge in [-0.15, -0.1) is 0 Å². The highest BCUT2D eigenvalue weighted by Gasteiger charge is 2.24. The number of rotatable bonds is 4. The Morgan fingerprint density at radius 3 is 2.70 bits per heavy atom. The molecule has 0 saturated heterocycles. The molecule has 0 aromatic heterocycles. The third-order valence-corrected chi connectivity index (χ3v) is 5.08. The standard InChI is InChI=1S/C16H16FNO4S/c1-11-8-12(17)6-7-16(11)23(19,20)18-9-13-10-21-14-4-2-3-5-15(14)22-13/h2-8,13,18H,9-10H2,1H3/t13-/m1/s1. The van der Waals surface area contributed by atoms with Crippen LogP contribution in [-0.4, -0.2) is 27.7 Å². The van der Waals surface area contributed by atoms with Crippen LogP contribution >= 0.6 is 0 Å². The Bertz CT molecular complexity index is 823. The van der Waals surface area contributed by atoms with E-state index in [1.54, 1.807) is 19.1 Å². The summed E-state index contributed by atoms with van der Waals surface area (Å²) in [5.41, 5.74) is 0.351. The predicted octanol–water partition coefficient (Wildman–Crippen LogP) is 2.25. The molecule has 1 heterocycles. The quantitative estimate of drug-likeness (QED) is 0.929. The average molecular weight is 337 g/mol. The molecule has 0 aliphatic carbocycles. The smallest absolute Gasteiger partial charge is 0.240 e. The number of para-hydroxylation sites is 2. The van der Waals surface area contributed by atoms with Crippen LogP contribution in [0.15, 0.2) is 47.4 Å². The van der Waals surface area contributed by atoms with Gasteiger partial charge in [-0.25, -0.2) is 17.5 Å². The van der Waals surface area contributed by atoms with Crippen molar-refractivity contribution in [3.05, 3.63) is 53.8 Å². The molecule has 0 bridgehead atoms. The Labute approximate surface area is 134 Å². The minimum atomic E-state index is -3.74. The van der Waals surface area contributed by atoms with E-state index < -0.39 is 21.9 Å². The number of fused-ring (bicyclic) bond motifs is 1. The van der Waals surface area contributed by atoms with E-state index in [1.165, 1.54) is 12.1 Å². The van der Waals surface area contributed by atoms with E-state index in [0.717, 1.165) is 6.07 Å². The molecule has 1 atom stereocenters. The SMILES string of the molecule is Cc1cc(F)ccc1S(=O)(=O)NC[C@@H]1COc2ccccc2O1. The van der Waals surface area contributed by atoms with E-state index in [1.807, 2.05) is 12.1 Å². The van der Waals surface area contributed by atoms with Gasteiger partial charge in [0.2, 0.25) is 10.0 Å². The zero-order valence-electron chi connectivity index (χ0n) is 12.5. The monoisotopic (exact) mass is 337 g/mol. The van der Waals surface area contributed by atoms with Crippen molar-refractivity contribution in [3.63, 3.8) is 0 Å². The van der Waals surface area contributed by atoms with E-state index >= 15 is 0 Å². The van der Waals surface area contributed by atoms with E-state index in [2.05, 4.69) is 4.72 Å². The van der Waals surface area contributed by atoms with Crippen LogP contribution in [0.1, 0.15) is 5.56 Å². The summed E-state index contributed by atoms with van der Waals surface area (Å²) in [5, 5.41) is 0. The van der Waals surface area contributed by atoms with Gasteiger partial charge in [-0.1, -0.05) is 12.1 Å². The highest BCUT2D eigenvalue weighted by molar-refractivity contribution is 7.89. The normalized spacial score (nSPS) is 17.0. The Balaban J connectivity index is 1.68. The number of ether oxygens (including phenoxy) is 2. The van der Waals surface area contributed by atoms with Crippen LogP contribution in [0.3, 0.4) is 0 Å². The van der Waals surface area contributed by atoms with Crippen LogP contribution in [0.25, 0.3) is 0 Å². The molecule has 3 rings (SSSR count). The highest BCUT2D eigenvalue weighted by Crippen LogP contribution is 2.30. The van der Waals surface area contributed by atoms with Gasteiger partial charge in [0.1, 0.15) is 18.5 Å². The van der Waals surface area contributed by atoms with Crippen molar-refractivity contribution in [1.82, 2.24) is 4.72 Å². The Morgan fingerprint density at radius 1 is 1.22 bits per heavy atom. The number of nitrogens with one attached hydrogen (secondary N) is 1. The van der Waals surface area contributed by atoms with Crippen molar-refractivity contribution >= 4 is 10.0 Å². The Kier molecular flexibility index (Phi) is 4.23. The summed E-state index contributed by atoms with van der Waals surface area (Å²) in [6.07, 6.45) is -0.430. The average Bonchev–Trinajstić information content (AvgIpc) is 2.52. The Morgan fingerprint density at radius 2 is 1.96 bits per heavy atom. The maximum Gasteiger partial charge on any atom is 0.240 e. The van der Waals surface area contributed by atoms with Gasteiger partial charge >= 0.3 is 0 Å². The summed E-state index contributed by atoms with van der Waals surface area (Å²) >= 11 is 0. The van der Waals surface area contributed by atoms with Gasteiger partial charge in [0.15, 0.2) is 11.5 Å². The number of benzene rings is 2. The molecule has 2 aromatic rings. The number of hydrogen-bond acceptors (Lipinski definition) is 4.